The monoisotopic (exact) mass is 388 g/mol. The maximum absolute atomic E-state index is 12.0. The van der Waals surface area contributed by atoms with Crippen LogP contribution < -0.4 is 16.4 Å². The van der Waals surface area contributed by atoms with Crippen LogP contribution >= 0.6 is 11.6 Å². The van der Waals surface area contributed by atoms with E-state index in [2.05, 4.69) is 10.6 Å². The van der Waals surface area contributed by atoms with Gasteiger partial charge in [0.2, 0.25) is 17.7 Å². The van der Waals surface area contributed by atoms with Gasteiger partial charge in [0.25, 0.3) is 0 Å². The van der Waals surface area contributed by atoms with Crippen LogP contribution in [0.3, 0.4) is 0 Å². The summed E-state index contributed by atoms with van der Waals surface area (Å²) in [6, 6.07) is 13.3. The fraction of sp³-hybridized carbons (Fsp3) is 0.211. The summed E-state index contributed by atoms with van der Waals surface area (Å²) in [6.45, 7) is 0.535. The number of primary amides is 1. The highest BCUT2D eigenvalue weighted by Crippen LogP contribution is 2.20. The van der Waals surface area contributed by atoms with Gasteiger partial charge >= 0.3 is 0 Å². The number of amides is 3. The number of carbonyl (C=O) groups is 3. The predicted octanol–water partition coefficient (Wildman–Crippen LogP) is 2.34. The number of rotatable bonds is 8. The van der Waals surface area contributed by atoms with Crippen molar-refractivity contribution in [1.82, 2.24) is 4.90 Å². The van der Waals surface area contributed by atoms with Crippen molar-refractivity contribution in [3.05, 3.63) is 59.1 Å². The van der Waals surface area contributed by atoms with E-state index in [4.69, 9.17) is 17.3 Å². The molecule has 27 heavy (non-hydrogen) atoms. The molecule has 0 aliphatic carbocycles. The molecule has 2 aromatic rings. The number of benzene rings is 2. The van der Waals surface area contributed by atoms with E-state index in [1.807, 2.05) is 0 Å². The molecule has 0 aromatic heterocycles. The largest absolute Gasteiger partial charge is 0.366 e. The Morgan fingerprint density at radius 3 is 2.30 bits per heavy atom. The molecule has 0 saturated heterocycles. The predicted molar refractivity (Wildman–Crippen MR) is 106 cm³/mol. The average molecular weight is 389 g/mol. The minimum absolute atomic E-state index is 0.131. The van der Waals surface area contributed by atoms with Crippen molar-refractivity contribution >= 4 is 40.7 Å². The number of likely N-dealkylation sites (N-methyl/N-ethyl adjacent to an activating group) is 1. The molecule has 0 spiro atoms. The van der Waals surface area contributed by atoms with Crippen molar-refractivity contribution in [1.29, 1.82) is 0 Å². The molecule has 0 radical (unpaired) electrons. The van der Waals surface area contributed by atoms with Crippen LogP contribution in [0.25, 0.3) is 0 Å². The second kappa shape index (κ2) is 9.70. The molecule has 0 atom stereocenters. The van der Waals surface area contributed by atoms with Gasteiger partial charge < -0.3 is 16.4 Å². The van der Waals surface area contributed by atoms with Crippen molar-refractivity contribution in [2.75, 3.05) is 30.8 Å². The van der Waals surface area contributed by atoms with Crippen LogP contribution in [0, 0.1) is 0 Å². The topological polar surface area (TPSA) is 105 Å². The summed E-state index contributed by atoms with van der Waals surface area (Å²) < 4.78 is 0. The standard InChI is InChI=1S/C19H21ClN4O3/c1-24(12-18(26)23-16-5-3-2-4-15(16)20)11-10-17(25)22-14-8-6-13(7-9-14)19(21)27/h2-9H,10-12H2,1H3,(H2,21,27)(H,22,25)(H,23,26). The van der Waals surface area contributed by atoms with Gasteiger partial charge in [-0.15, -0.1) is 0 Å². The van der Waals surface area contributed by atoms with E-state index in [0.29, 0.717) is 28.5 Å². The molecule has 8 heteroatoms. The summed E-state index contributed by atoms with van der Waals surface area (Å²) in [5.74, 6) is -0.933. The van der Waals surface area contributed by atoms with Gasteiger partial charge in [0.15, 0.2) is 0 Å². The summed E-state index contributed by atoms with van der Waals surface area (Å²) in [5, 5.41) is 5.93. The van der Waals surface area contributed by atoms with E-state index in [1.54, 1.807) is 60.5 Å². The number of hydrogen-bond donors (Lipinski definition) is 3. The number of anilines is 2. The number of halogens is 1. The fourth-order valence-corrected chi connectivity index (χ4v) is 2.49. The van der Waals surface area contributed by atoms with E-state index >= 15 is 0 Å². The van der Waals surface area contributed by atoms with Crippen molar-refractivity contribution in [3.63, 3.8) is 0 Å². The number of nitrogens with two attached hydrogens (primary N) is 1. The van der Waals surface area contributed by atoms with Crippen LogP contribution in [0.5, 0.6) is 0 Å². The maximum Gasteiger partial charge on any atom is 0.248 e. The lowest BCUT2D eigenvalue weighted by atomic mass is 10.2. The quantitative estimate of drug-likeness (QED) is 0.645. The Hall–Kier alpha value is -2.90. The number of nitrogens with one attached hydrogen (secondary N) is 2. The number of carbonyl (C=O) groups excluding carboxylic acids is 3. The molecule has 0 unspecified atom stereocenters. The minimum atomic E-state index is -0.524. The Morgan fingerprint density at radius 1 is 1.00 bits per heavy atom. The summed E-state index contributed by atoms with van der Waals surface area (Å²) in [5.41, 5.74) is 6.67. The molecule has 0 bridgehead atoms. The molecule has 0 saturated carbocycles. The van der Waals surface area contributed by atoms with Gasteiger partial charge in [-0.25, -0.2) is 0 Å². The Morgan fingerprint density at radius 2 is 1.67 bits per heavy atom. The van der Waals surface area contributed by atoms with Crippen molar-refractivity contribution in [2.45, 2.75) is 6.42 Å². The first-order valence-electron chi connectivity index (χ1n) is 8.28. The third-order valence-electron chi connectivity index (χ3n) is 3.74. The first-order valence-corrected chi connectivity index (χ1v) is 8.65. The molecule has 3 amide bonds. The van der Waals surface area contributed by atoms with Gasteiger partial charge in [-0.05, 0) is 43.4 Å². The van der Waals surface area contributed by atoms with Gasteiger partial charge in [0, 0.05) is 24.2 Å². The van der Waals surface area contributed by atoms with Gasteiger partial charge in [0.05, 0.1) is 17.3 Å². The van der Waals surface area contributed by atoms with E-state index in [0.717, 1.165) is 0 Å². The third-order valence-corrected chi connectivity index (χ3v) is 4.06. The Bertz CT molecular complexity index is 824. The third kappa shape index (κ3) is 6.73. The second-order valence-corrected chi connectivity index (χ2v) is 6.41. The highest BCUT2D eigenvalue weighted by Gasteiger charge is 2.11. The Balaban J connectivity index is 1.75. The Kier molecular flexibility index (Phi) is 7.34. The first kappa shape index (κ1) is 20.4. The van der Waals surface area contributed by atoms with Gasteiger partial charge in [-0.3, -0.25) is 19.3 Å². The molecule has 142 valence electrons. The van der Waals surface area contributed by atoms with E-state index in [-0.39, 0.29) is 24.8 Å². The van der Waals surface area contributed by atoms with Crippen molar-refractivity contribution in [2.24, 2.45) is 5.73 Å². The number of hydrogen-bond acceptors (Lipinski definition) is 4. The lowest BCUT2D eigenvalue weighted by Gasteiger charge is -2.16. The van der Waals surface area contributed by atoms with E-state index < -0.39 is 5.91 Å². The average Bonchev–Trinajstić information content (AvgIpc) is 2.62. The zero-order valence-corrected chi connectivity index (χ0v) is 15.6. The van der Waals surface area contributed by atoms with Crippen LogP contribution in [-0.4, -0.2) is 42.8 Å². The van der Waals surface area contributed by atoms with Crippen LogP contribution in [0.15, 0.2) is 48.5 Å². The molecule has 0 aliphatic rings. The van der Waals surface area contributed by atoms with Crippen molar-refractivity contribution in [3.8, 4) is 0 Å². The van der Waals surface area contributed by atoms with Crippen LogP contribution in [-0.2, 0) is 9.59 Å². The molecule has 2 rings (SSSR count). The highest BCUT2D eigenvalue weighted by molar-refractivity contribution is 6.33. The first-order chi connectivity index (χ1) is 12.8. The number of nitrogens with zero attached hydrogens (tertiary/aromatic N) is 1. The maximum atomic E-state index is 12.0. The summed E-state index contributed by atoms with van der Waals surface area (Å²) >= 11 is 6.00. The second-order valence-electron chi connectivity index (χ2n) is 6.01. The SMILES string of the molecule is CN(CCC(=O)Nc1ccc(C(N)=O)cc1)CC(=O)Nc1ccccc1Cl. The van der Waals surface area contributed by atoms with Gasteiger partial charge in [-0.2, -0.15) is 0 Å². The molecule has 0 fully saturated rings. The summed E-state index contributed by atoms with van der Waals surface area (Å²) in [6.07, 6.45) is 0.216. The van der Waals surface area contributed by atoms with E-state index in [1.165, 1.54) is 0 Å². The molecular formula is C19H21ClN4O3. The normalized spacial score (nSPS) is 10.5. The smallest absolute Gasteiger partial charge is 0.248 e. The lowest BCUT2D eigenvalue weighted by Crippen LogP contribution is -2.32. The van der Waals surface area contributed by atoms with Crippen molar-refractivity contribution < 1.29 is 14.4 Å². The molecule has 0 aliphatic heterocycles. The summed E-state index contributed by atoms with van der Waals surface area (Å²) in [7, 11) is 1.75. The van der Waals surface area contributed by atoms with Crippen LogP contribution in [0.4, 0.5) is 11.4 Å². The molecular weight excluding hydrogens is 368 g/mol. The van der Waals surface area contributed by atoms with Crippen LogP contribution in [0.1, 0.15) is 16.8 Å². The van der Waals surface area contributed by atoms with E-state index in [9.17, 15) is 14.4 Å². The fourth-order valence-electron chi connectivity index (χ4n) is 2.31. The molecule has 4 N–H and O–H groups in total. The Labute approximate surface area is 162 Å². The highest BCUT2D eigenvalue weighted by atomic mass is 35.5. The minimum Gasteiger partial charge on any atom is -0.366 e. The van der Waals surface area contributed by atoms with Gasteiger partial charge in [-0.1, -0.05) is 23.7 Å². The molecule has 7 nitrogen and oxygen atoms in total. The zero-order valence-electron chi connectivity index (χ0n) is 14.9. The van der Waals surface area contributed by atoms with Crippen LogP contribution in [0.2, 0.25) is 5.02 Å². The number of para-hydroxylation sites is 1. The van der Waals surface area contributed by atoms with Gasteiger partial charge in [0.1, 0.15) is 0 Å². The zero-order chi connectivity index (χ0) is 19.8. The lowest BCUT2D eigenvalue weighted by molar-refractivity contribution is -0.119. The molecule has 2 aromatic carbocycles. The summed E-state index contributed by atoms with van der Waals surface area (Å²) in [4.78, 5) is 36.8. The molecule has 0 heterocycles.